The molecule has 0 amide bonds. The van der Waals surface area contributed by atoms with Crippen LogP contribution in [0.5, 0.6) is 0 Å². The largest absolute Gasteiger partial charge is 0.465 e. The van der Waals surface area contributed by atoms with E-state index in [1.165, 1.54) is 19.2 Å². The Kier molecular flexibility index (Phi) is 4.66. The average Bonchev–Trinajstić information content (AvgIpc) is 2.93. The van der Waals surface area contributed by atoms with Crippen molar-refractivity contribution in [3.63, 3.8) is 0 Å². The molecule has 0 N–H and O–H groups in total. The van der Waals surface area contributed by atoms with Crippen LogP contribution in [0.25, 0.3) is 10.9 Å². The average molecular weight is 426 g/mol. The number of methoxy groups -OCH3 is 1. The van der Waals surface area contributed by atoms with Crippen LogP contribution in [-0.4, -0.2) is 25.5 Å². The smallest absolute Gasteiger partial charge is 0.337 e. The fraction of sp³-hybridized carbons (Fsp3) is 0.118. The van der Waals surface area contributed by atoms with E-state index >= 15 is 0 Å². The fourth-order valence-corrected chi connectivity index (χ4v) is 4.65. The molecule has 3 aromatic rings. The number of fused-ring (bicyclic) bond motifs is 1. The molecule has 1 aromatic heterocycles. The third-order valence-corrected chi connectivity index (χ3v) is 5.91. The summed E-state index contributed by atoms with van der Waals surface area (Å²) in [6, 6.07) is 11.3. The Morgan fingerprint density at radius 3 is 2.56 bits per heavy atom. The summed E-state index contributed by atoms with van der Waals surface area (Å²) in [5, 5.41) is 0.0873. The lowest BCUT2D eigenvalue weighted by Crippen LogP contribution is -2.14. The van der Waals surface area contributed by atoms with Crippen molar-refractivity contribution in [3.05, 3.63) is 70.1 Å². The van der Waals surface area contributed by atoms with Gasteiger partial charge in [0.2, 0.25) is 10.0 Å². The summed E-state index contributed by atoms with van der Waals surface area (Å²) in [4.78, 5) is 11.8. The zero-order valence-electron chi connectivity index (χ0n) is 13.1. The van der Waals surface area contributed by atoms with E-state index in [9.17, 15) is 17.6 Å². The Morgan fingerprint density at radius 1 is 1.24 bits per heavy atom. The van der Waals surface area contributed by atoms with Gasteiger partial charge in [0.15, 0.2) is 5.82 Å². The van der Waals surface area contributed by atoms with Gasteiger partial charge in [-0.15, -0.1) is 0 Å². The van der Waals surface area contributed by atoms with Gasteiger partial charge in [0.05, 0.1) is 35.5 Å². The molecule has 0 radical (unpaired) electrons. The lowest BCUT2D eigenvalue weighted by atomic mass is 10.1. The Labute approximate surface area is 152 Å². The number of benzene rings is 2. The van der Waals surface area contributed by atoms with E-state index in [0.717, 1.165) is 10.2 Å². The normalized spacial score (nSPS) is 11.6. The molecule has 0 aliphatic carbocycles. The first-order chi connectivity index (χ1) is 11.8. The highest BCUT2D eigenvalue weighted by Gasteiger charge is 2.23. The van der Waals surface area contributed by atoms with E-state index in [1.54, 1.807) is 30.3 Å². The highest BCUT2D eigenvalue weighted by atomic mass is 79.9. The maximum absolute atomic E-state index is 14.3. The number of nitrogens with zero attached hydrogens (tertiary/aromatic N) is 1. The first kappa shape index (κ1) is 17.6. The number of carbonyl (C=O) groups excluding carboxylic acids is 1. The van der Waals surface area contributed by atoms with Crippen LogP contribution in [0.3, 0.4) is 0 Å². The van der Waals surface area contributed by atoms with Crippen molar-refractivity contribution in [2.45, 2.75) is 5.75 Å². The van der Waals surface area contributed by atoms with Crippen molar-refractivity contribution in [2.24, 2.45) is 0 Å². The monoisotopic (exact) mass is 425 g/mol. The van der Waals surface area contributed by atoms with Gasteiger partial charge < -0.3 is 4.74 Å². The van der Waals surface area contributed by atoms with Gasteiger partial charge in [-0.2, -0.15) is 0 Å². The van der Waals surface area contributed by atoms with E-state index in [-0.39, 0.29) is 26.7 Å². The first-order valence-electron chi connectivity index (χ1n) is 7.19. The number of aromatic nitrogens is 1. The Balaban J connectivity index is 2.19. The Hall–Kier alpha value is -2.19. The van der Waals surface area contributed by atoms with Crippen LogP contribution in [-0.2, 0) is 20.5 Å². The molecule has 0 saturated carbocycles. The van der Waals surface area contributed by atoms with Crippen LogP contribution in [0, 0.1) is 5.82 Å². The van der Waals surface area contributed by atoms with Crippen LogP contribution in [0.15, 0.2) is 53.1 Å². The third-order valence-electron chi connectivity index (χ3n) is 3.69. The first-order valence-corrected chi connectivity index (χ1v) is 9.59. The topological polar surface area (TPSA) is 65.4 Å². The van der Waals surface area contributed by atoms with Crippen LogP contribution >= 0.6 is 15.9 Å². The van der Waals surface area contributed by atoms with Crippen molar-refractivity contribution >= 4 is 42.8 Å². The summed E-state index contributed by atoms with van der Waals surface area (Å²) in [7, 11) is -2.67. The highest BCUT2D eigenvalue weighted by molar-refractivity contribution is 9.10. The van der Waals surface area contributed by atoms with Crippen LogP contribution in [0.4, 0.5) is 4.39 Å². The standard InChI is InChI=1S/C17H13BrFNO4S/c1-24-17(21)12-7-13(18)16-14(19)9-20(15(16)8-12)25(22,23)10-11-5-3-2-4-6-11/h2-9H,10H2,1H3. The summed E-state index contributed by atoms with van der Waals surface area (Å²) < 4.78 is 45.6. The van der Waals surface area contributed by atoms with Gasteiger partial charge in [-0.1, -0.05) is 30.3 Å². The number of carbonyl (C=O) groups is 1. The van der Waals surface area contributed by atoms with Crippen molar-refractivity contribution in [1.29, 1.82) is 0 Å². The predicted octanol–water partition coefficient (Wildman–Crippen LogP) is 3.71. The van der Waals surface area contributed by atoms with Crippen LogP contribution < -0.4 is 0 Å². The van der Waals surface area contributed by atoms with Gasteiger partial charge in [-0.25, -0.2) is 21.6 Å². The summed E-state index contributed by atoms with van der Waals surface area (Å²) in [6.07, 6.45) is 0.911. The molecule has 0 spiro atoms. The fourth-order valence-electron chi connectivity index (χ4n) is 2.56. The molecule has 0 aliphatic rings. The lowest BCUT2D eigenvalue weighted by molar-refractivity contribution is 0.0601. The molecule has 0 atom stereocenters. The van der Waals surface area contributed by atoms with Gasteiger partial charge in [0.1, 0.15) is 0 Å². The van der Waals surface area contributed by atoms with Crippen molar-refractivity contribution in [3.8, 4) is 0 Å². The molecule has 2 aromatic carbocycles. The molecule has 0 unspecified atom stereocenters. The highest BCUT2D eigenvalue weighted by Crippen LogP contribution is 2.31. The molecular weight excluding hydrogens is 413 g/mol. The van der Waals surface area contributed by atoms with Gasteiger partial charge in [0.25, 0.3) is 0 Å². The summed E-state index contributed by atoms with van der Waals surface area (Å²) in [6.45, 7) is 0. The molecular formula is C17H13BrFNO4S. The van der Waals surface area contributed by atoms with Crippen molar-refractivity contribution in [2.75, 3.05) is 7.11 Å². The van der Waals surface area contributed by atoms with E-state index < -0.39 is 21.8 Å². The molecule has 0 aliphatic heterocycles. The number of rotatable bonds is 4. The predicted molar refractivity (Wildman–Crippen MR) is 95.4 cm³/mol. The third kappa shape index (κ3) is 3.32. The molecule has 8 heteroatoms. The van der Waals surface area contributed by atoms with Crippen molar-refractivity contribution < 1.29 is 22.3 Å². The molecule has 5 nitrogen and oxygen atoms in total. The summed E-state index contributed by atoms with van der Waals surface area (Å²) in [5.41, 5.74) is 0.771. The Bertz CT molecular complexity index is 1060. The Morgan fingerprint density at radius 2 is 1.92 bits per heavy atom. The van der Waals surface area contributed by atoms with E-state index in [1.807, 2.05) is 0 Å². The van der Waals surface area contributed by atoms with Gasteiger partial charge >= 0.3 is 5.97 Å². The molecule has 0 fully saturated rings. The molecule has 1 heterocycles. The summed E-state index contributed by atoms with van der Waals surface area (Å²) in [5.74, 6) is -1.64. The second-order valence-electron chi connectivity index (χ2n) is 5.36. The second kappa shape index (κ2) is 6.61. The van der Waals surface area contributed by atoms with Gasteiger partial charge in [-0.3, -0.25) is 0 Å². The van der Waals surface area contributed by atoms with E-state index in [0.29, 0.717) is 5.56 Å². The lowest BCUT2D eigenvalue weighted by Gasteiger charge is -2.09. The van der Waals surface area contributed by atoms with Gasteiger partial charge in [-0.05, 0) is 33.6 Å². The number of halogens is 2. The molecule has 0 saturated heterocycles. The molecule has 3 rings (SSSR count). The minimum Gasteiger partial charge on any atom is -0.465 e. The quantitative estimate of drug-likeness (QED) is 0.597. The zero-order chi connectivity index (χ0) is 18.2. The number of ether oxygens (including phenoxy) is 1. The van der Waals surface area contributed by atoms with Crippen LogP contribution in [0.2, 0.25) is 0 Å². The molecule has 0 bridgehead atoms. The minimum absolute atomic E-state index is 0.0724. The van der Waals surface area contributed by atoms with Crippen LogP contribution in [0.1, 0.15) is 15.9 Å². The molecule has 130 valence electrons. The molecule has 25 heavy (non-hydrogen) atoms. The number of hydrogen-bond donors (Lipinski definition) is 0. The second-order valence-corrected chi connectivity index (χ2v) is 8.06. The maximum Gasteiger partial charge on any atom is 0.337 e. The van der Waals surface area contributed by atoms with Gasteiger partial charge in [0, 0.05) is 4.47 Å². The maximum atomic E-state index is 14.3. The zero-order valence-corrected chi connectivity index (χ0v) is 15.5. The van der Waals surface area contributed by atoms with E-state index in [2.05, 4.69) is 20.7 Å². The SMILES string of the molecule is COC(=O)c1cc(Br)c2c(F)cn(S(=O)(=O)Cc3ccccc3)c2c1. The summed E-state index contributed by atoms with van der Waals surface area (Å²) >= 11 is 3.19. The minimum atomic E-state index is -3.88. The van der Waals surface area contributed by atoms with Crippen molar-refractivity contribution in [1.82, 2.24) is 3.97 Å². The number of esters is 1. The van der Waals surface area contributed by atoms with E-state index in [4.69, 9.17) is 0 Å². The number of hydrogen-bond acceptors (Lipinski definition) is 4.